The lowest BCUT2D eigenvalue weighted by atomic mass is 10.0. The molecule has 2 unspecified atom stereocenters. The Balaban J connectivity index is 1.77. The summed E-state index contributed by atoms with van der Waals surface area (Å²) in [5.74, 6) is 1.45. The molecule has 0 radical (unpaired) electrons. The van der Waals surface area contributed by atoms with E-state index in [2.05, 4.69) is 38.7 Å². The van der Waals surface area contributed by atoms with E-state index in [1.807, 2.05) is 24.9 Å². The van der Waals surface area contributed by atoms with Gasteiger partial charge in [0, 0.05) is 58.3 Å². The Morgan fingerprint density at radius 3 is 2.96 bits per heavy atom. The summed E-state index contributed by atoms with van der Waals surface area (Å²) in [6.07, 6.45) is 6.54. The molecule has 7 nitrogen and oxygen atoms in total. The van der Waals surface area contributed by atoms with Gasteiger partial charge < -0.3 is 15.5 Å². The fourth-order valence-electron chi connectivity index (χ4n) is 2.94. The molecule has 1 aromatic heterocycles. The lowest BCUT2D eigenvalue weighted by Gasteiger charge is -2.21. The topological polar surface area (TPSA) is 74.6 Å². The summed E-state index contributed by atoms with van der Waals surface area (Å²) in [4.78, 5) is 18.4. The molecular weight excluding hydrogens is 304 g/mol. The summed E-state index contributed by atoms with van der Waals surface area (Å²) < 4.78 is 1.85. The van der Waals surface area contributed by atoms with Crippen molar-refractivity contribution in [3.05, 3.63) is 18.0 Å². The van der Waals surface area contributed by atoms with Crippen LogP contribution in [-0.2, 0) is 11.8 Å². The standard InChI is InChI=1S/C17H30N6O/c1-5-13(2)21-16(24)6-8-19-17(18-3)23-9-7-14(12-23)15-10-20-22(4)11-15/h10-11,13-14H,5-9,12H2,1-4H3,(H,18,19)(H,21,24). The Kier molecular flexibility index (Phi) is 6.63. The zero-order valence-electron chi connectivity index (χ0n) is 15.2. The molecule has 2 rings (SSSR count). The number of carbonyl (C=O) groups is 1. The number of aliphatic imine (C=N–C) groups is 1. The summed E-state index contributed by atoms with van der Waals surface area (Å²) in [6, 6.07) is 0.232. The molecule has 1 saturated heterocycles. The number of nitrogens with zero attached hydrogens (tertiary/aromatic N) is 4. The number of guanidine groups is 1. The summed E-state index contributed by atoms with van der Waals surface area (Å²) in [7, 11) is 3.74. The van der Waals surface area contributed by atoms with Gasteiger partial charge in [-0.25, -0.2) is 0 Å². The molecule has 1 fully saturated rings. The molecule has 1 aromatic rings. The van der Waals surface area contributed by atoms with Gasteiger partial charge in [-0.2, -0.15) is 5.10 Å². The van der Waals surface area contributed by atoms with Gasteiger partial charge in [0.15, 0.2) is 5.96 Å². The first-order valence-electron chi connectivity index (χ1n) is 8.77. The van der Waals surface area contributed by atoms with Crippen molar-refractivity contribution < 1.29 is 4.79 Å². The number of hydrogen-bond acceptors (Lipinski definition) is 3. The molecule has 24 heavy (non-hydrogen) atoms. The lowest BCUT2D eigenvalue weighted by Crippen LogP contribution is -2.42. The van der Waals surface area contributed by atoms with Crippen molar-refractivity contribution in [3.63, 3.8) is 0 Å². The summed E-state index contributed by atoms with van der Waals surface area (Å²) >= 11 is 0. The van der Waals surface area contributed by atoms with Crippen molar-refractivity contribution in [2.45, 2.75) is 45.1 Å². The lowest BCUT2D eigenvalue weighted by molar-refractivity contribution is -0.121. The molecule has 1 amide bonds. The number of nitrogens with one attached hydrogen (secondary N) is 2. The molecule has 2 heterocycles. The Morgan fingerprint density at radius 1 is 1.54 bits per heavy atom. The predicted molar refractivity (Wildman–Crippen MR) is 96.0 cm³/mol. The van der Waals surface area contributed by atoms with Gasteiger partial charge in [0.25, 0.3) is 0 Å². The van der Waals surface area contributed by atoms with E-state index in [1.54, 1.807) is 7.05 Å². The Labute approximate surface area is 144 Å². The highest BCUT2D eigenvalue weighted by Crippen LogP contribution is 2.26. The number of aryl methyl sites for hydroxylation is 1. The summed E-state index contributed by atoms with van der Waals surface area (Å²) in [5, 5.41) is 10.5. The Bertz CT molecular complexity index is 567. The molecule has 1 aliphatic rings. The van der Waals surface area contributed by atoms with Gasteiger partial charge in [-0.1, -0.05) is 6.92 Å². The summed E-state index contributed by atoms with van der Waals surface area (Å²) in [6.45, 7) is 6.59. The van der Waals surface area contributed by atoms with Crippen molar-refractivity contribution in [1.29, 1.82) is 0 Å². The minimum absolute atomic E-state index is 0.0851. The molecule has 0 saturated carbocycles. The van der Waals surface area contributed by atoms with Crippen LogP contribution in [0, 0.1) is 0 Å². The first kappa shape index (κ1) is 18.3. The SMILES string of the molecule is CCC(C)NC(=O)CCNC(=NC)N1CCC(c2cnn(C)c2)C1. The van der Waals surface area contributed by atoms with Crippen molar-refractivity contribution in [2.75, 3.05) is 26.7 Å². The van der Waals surface area contributed by atoms with Gasteiger partial charge in [-0.05, 0) is 25.3 Å². The number of likely N-dealkylation sites (tertiary alicyclic amines) is 1. The average Bonchev–Trinajstić information content (AvgIpc) is 3.20. The highest BCUT2D eigenvalue weighted by molar-refractivity contribution is 5.81. The number of aromatic nitrogens is 2. The Hall–Kier alpha value is -2.05. The van der Waals surface area contributed by atoms with Crippen LogP contribution in [0.15, 0.2) is 17.4 Å². The molecule has 2 N–H and O–H groups in total. The van der Waals surface area contributed by atoms with E-state index in [4.69, 9.17) is 0 Å². The fourth-order valence-corrected chi connectivity index (χ4v) is 2.94. The van der Waals surface area contributed by atoms with Crippen LogP contribution in [-0.4, -0.2) is 59.3 Å². The first-order chi connectivity index (χ1) is 11.5. The van der Waals surface area contributed by atoms with Crippen LogP contribution in [0.3, 0.4) is 0 Å². The molecule has 0 aliphatic carbocycles. The maximum atomic E-state index is 11.8. The number of carbonyl (C=O) groups excluding carboxylic acids is 1. The van der Waals surface area contributed by atoms with Gasteiger partial charge in [-0.3, -0.25) is 14.5 Å². The van der Waals surface area contributed by atoms with Gasteiger partial charge in [-0.15, -0.1) is 0 Å². The third-order valence-electron chi connectivity index (χ3n) is 4.55. The maximum absolute atomic E-state index is 11.8. The highest BCUT2D eigenvalue weighted by Gasteiger charge is 2.26. The molecule has 0 bridgehead atoms. The minimum atomic E-state index is 0.0851. The molecule has 7 heteroatoms. The van der Waals surface area contributed by atoms with Crippen LogP contribution in [0.4, 0.5) is 0 Å². The second-order valence-corrected chi connectivity index (χ2v) is 6.48. The monoisotopic (exact) mass is 334 g/mol. The molecule has 0 aromatic carbocycles. The predicted octanol–water partition coefficient (Wildman–Crippen LogP) is 1.09. The number of amides is 1. The highest BCUT2D eigenvalue weighted by atomic mass is 16.1. The normalized spacial score (nSPS) is 19.4. The summed E-state index contributed by atoms with van der Waals surface area (Å²) in [5.41, 5.74) is 1.28. The number of rotatable bonds is 6. The molecule has 2 atom stereocenters. The largest absolute Gasteiger partial charge is 0.356 e. The van der Waals surface area contributed by atoms with Gasteiger partial charge in [0.1, 0.15) is 0 Å². The van der Waals surface area contributed by atoms with Crippen LogP contribution in [0.1, 0.15) is 44.6 Å². The van der Waals surface area contributed by atoms with E-state index in [0.717, 1.165) is 31.9 Å². The van der Waals surface area contributed by atoms with Crippen molar-refractivity contribution >= 4 is 11.9 Å². The van der Waals surface area contributed by atoms with Crippen LogP contribution >= 0.6 is 0 Å². The van der Waals surface area contributed by atoms with E-state index in [9.17, 15) is 4.79 Å². The third kappa shape index (κ3) is 4.97. The van der Waals surface area contributed by atoms with E-state index in [0.29, 0.717) is 18.9 Å². The smallest absolute Gasteiger partial charge is 0.221 e. The van der Waals surface area contributed by atoms with E-state index < -0.39 is 0 Å². The molecule has 0 spiro atoms. The minimum Gasteiger partial charge on any atom is -0.356 e. The van der Waals surface area contributed by atoms with Crippen molar-refractivity contribution in [1.82, 2.24) is 25.3 Å². The van der Waals surface area contributed by atoms with Crippen LogP contribution in [0.2, 0.25) is 0 Å². The van der Waals surface area contributed by atoms with Crippen molar-refractivity contribution in [2.24, 2.45) is 12.0 Å². The van der Waals surface area contributed by atoms with Gasteiger partial charge >= 0.3 is 0 Å². The second-order valence-electron chi connectivity index (χ2n) is 6.48. The molecular formula is C17H30N6O. The second kappa shape index (κ2) is 8.70. The van der Waals surface area contributed by atoms with Crippen molar-refractivity contribution in [3.8, 4) is 0 Å². The Morgan fingerprint density at radius 2 is 2.33 bits per heavy atom. The van der Waals surface area contributed by atoms with E-state index in [1.165, 1.54) is 5.56 Å². The third-order valence-corrected chi connectivity index (χ3v) is 4.55. The quantitative estimate of drug-likeness (QED) is 0.603. The molecule has 134 valence electrons. The molecule has 1 aliphatic heterocycles. The zero-order chi connectivity index (χ0) is 17.5. The first-order valence-corrected chi connectivity index (χ1v) is 8.77. The van der Waals surface area contributed by atoms with Gasteiger partial charge in [0.2, 0.25) is 5.91 Å². The average molecular weight is 334 g/mol. The van der Waals surface area contributed by atoms with Crippen LogP contribution in [0.25, 0.3) is 0 Å². The number of hydrogen-bond donors (Lipinski definition) is 2. The maximum Gasteiger partial charge on any atom is 0.221 e. The fraction of sp³-hybridized carbons (Fsp3) is 0.706. The zero-order valence-corrected chi connectivity index (χ0v) is 15.2. The van der Waals surface area contributed by atoms with Gasteiger partial charge in [0.05, 0.1) is 6.20 Å². The van der Waals surface area contributed by atoms with E-state index >= 15 is 0 Å². The van der Waals surface area contributed by atoms with E-state index in [-0.39, 0.29) is 11.9 Å². The van der Waals surface area contributed by atoms with Crippen LogP contribution in [0.5, 0.6) is 0 Å². The van der Waals surface area contributed by atoms with Crippen LogP contribution < -0.4 is 10.6 Å².